The third-order valence-corrected chi connectivity index (χ3v) is 6.13. The van der Waals surface area contributed by atoms with Gasteiger partial charge in [-0.2, -0.15) is 0 Å². The maximum absolute atomic E-state index is 13.5. The van der Waals surface area contributed by atoms with Crippen LogP contribution in [0, 0.1) is 0 Å². The van der Waals surface area contributed by atoms with Crippen LogP contribution in [0.15, 0.2) is 59.7 Å². The topological polar surface area (TPSA) is 74.8 Å². The molecule has 3 aromatic heterocycles. The van der Waals surface area contributed by atoms with Crippen LogP contribution >= 0.6 is 0 Å². The average Bonchev–Trinajstić information content (AvgIpc) is 3.14. The van der Waals surface area contributed by atoms with Crippen molar-refractivity contribution >= 4 is 33.2 Å². The Bertz CT molecular complexity index is 1480. The van der Waals surface area contributed by atoms with Crippen molar-refractivity contribution in [2.24, 2.45) is 0 Å². The Morgan fingerprint density at radius 3 is 2.41 bits per heavy atom. The van der Waals surface area contributed by atoms with E-state index < -0.39 is 0 Å². The van der Waals surface area contributed by atoms with Crippen molar-refractivity contribution in [3.63, 3.8) is 0 Å². The molecule has 5 aromatic rings. The Balaban J connectivity index is 1.71. The first-order valence-corrected chi connectivity index (χ1v) is 10.9. The molecule has 0 N–H and O–H groups in total. The highest BCUT2D eigenvalue weighted by molar-refractivity contribution is 6.04. The molecule has 0 aliphatic rings. The summed E-state index contributed by atoms with van der Waals surface area (Å²) in [5, 5.41) is 0.538. The van der Waals surface area contributed by atoms with E-state index in [1.165, 1.54) is 5.56 Å². The summed E-state index contributed by atoms with van der Waals surface area (Å²) in [7, 11) is 1.66. The van der Waals surface area contributed by atoms with E-state index in [-0.39, 0.29) is 11.6 Å². The first kappa shape index (κ1) is 20.2. The van der Waals surface area contributed by atoms with Crippen LogP contribution in [0.3, 0.4) is 0 Å². The van der Waals surface area contributed by atoms with Gasteiger partial charge in [-0.05, 0) is 49.6 Å². The number of ether oxygens (including phenoxy) is 1. The molecule has 7 nitrogen and oxygen atoms in total. The maximum Gasteiger partial charge on any atom is 0.265 e. The zero-order valence-electron chi connectivity index (χ0n) is 18.4. The minimum atomic E-state index is -0.0675. The molecule has 0 aliphatic carbocycles. The molecule has 3 heterocycles. The van der Waals surface area contributed by atoms with E-state index >= 15 is 0 Å². The summed E-state index contributed by atoms with van der Waals surface area (Å²) in [6, 6.07) is 15.8. The van der Waals surface area contributed by atoms with Crippen LogP contribution in [0.1, 0.15) is 31.9 Å². The number of benzene rings is 2. The van der Waals surface area contributed by atoms with Gasteiger partial charge in [0.1, 0.15) is 23.0 Å². The average molecular weight is 428 g/mol. The molecule has 0 bridgehead atoms. The number of para-hydroxylation sites is 2. The summed E-state index contributed by atoms with van der Waals surface area (Å²) in [6.45, 7) is 4.73. The monoisotopic (exact) mass is 427 g/mol. The lowest BCUT2D eigenvalue weighted by Crippen LogP contribution is -2.23. The lowest BCUT2D eigenvalue weighted by atomic mass is 10.1. The molecule has 0 saturated carbocycles. The minimum Gasteiger partial charge on any atom is -0.497 e. The second-order valence-corrected chi connectivity index (χ2v) is 8.05. The highest BCUT2D eigenvalue weighted by atomic mass is 16.5. The SMILES string of the molecule is CCC(C)n1cnc2c(c1=O)c1nc3ccccc3nc1n2CCc1ccc(OC)cc1. The first-order valence-electron chi connectivity index (χ1n) is 10.9. The van der Waals surface area contributed by atoms with E-state index in [1.54, 1.807) is 18.0 Å². The third-order valence-electron chi connectivity index (χ3n) is 6.13. The molecule has 0 fully saturated rings. The lowest BCUT2D eigenvalue weighted by molar-refractivity contribution is 0.414. The highest BCUT2D eigenvalue weighted by Gasteiger charge is 2.20. The van der Waals surface area contributed by atoms with Gasteiger partial charge in [-0.3, -0.25) is 9.36 Å². The van der Waals surface area contributed by atoms with Gasteiger partial charge in [0, 0.05) is 12.6 Å². The fourth-order valence-electron chi connectivity index (χ4n) is 4.07. The number of nitrogens with zero attached hydrogens (tertiary/aromatic N) is 5. The Kier molecular flexibility index (Phi) is 5.09. The maximum atomic E-state index is 13.5. The van der Waals surface area contributed by atoms with E-state index in [4.69, 9.17) is 19.7 Å². The fraction of sp³-hybridized carbons (Fsp3) is 0.280. The number of aromatic nitrogens is 5. The molecule has 0 saturated heterocycles. The normalized spacial score (nSPS) is 12.6. The van der Waals surface area contributed by atoms with Crippen LogP contribution in [-0.2, 0) is 13.0 Å². The number of hydrogen-bond donors (Lipinski definition) is 0. The molecule has 5 rings (SSSR count). The summed E-state index contributed by atoms with van der Waals surface area (Å²) in [4.78, 5) is 27.9. The third kappa shape index (κ3) is 3.30. The molecule has 0 aliphatic heterocycles. The largest absolute Gasteiger partial charge is 0.497 e. The van der Waals surface area contributed by atoms with Gasteiger partial charge < -0.3 is 9.30 Å². The van der Waals surface area contributed by atoms with E-state index in [2.05, 4.69) is 19.1 Å². The standard InChI is InChI=1S/C25H25N5O2/c1-4-16(2)30-15-26-23-21(25(30)31)22-24(28-20-8-6-5-7-19(20)27-22)29(23)14-13-17-9-11-18(32-3)12-10-17/h5-12,15-16H,4,13-14H2,1-3H3. The zero-order valence-corrected chi connectivity index (χ0v) is 18.4. The second-order valence-electron chi connectivity index (χ2n) is 8.05. The summed E-state index contributed by atoms with van der Waals surface area (Å²) in [5.41, 5.74) is 4.61. The molecule has 2 aromatic carbocycles. The van der Waals surface area contributed by atoms with Crippen LogP contribution in [0.25, 0.3) is 33.2 Å². The summed E-state index contributed by atoms with van der Waals surface area (Å²) >= 11 is 0. The number of fused-ring (bicyclic) bond motifs is 4. The van der Waals surface area contributed by atoms with Crippen molar-refractivity contribution in [3.8, 4) is 5.75 Å². The number of hydrogen-bond acceptors (Lipinski definition) is 5. The van der Waals surface area contributed by atoms with Crippen molar-refractivity contribution < 1.29 is 4.74 Å². The van der Waals surface area contributed by atoms with Crippen molar-refractivity contribution in [1.82, 2.24) is 24.1 Å². The van der Waals surface area contributed by atoms with Gasteiger partial charge in [0.2, 0.25) is 0 Å². The smallest absolute Gasteiger partial charge is 0.265 e. The molecule has 0 amide bonds. The van der Waals surface area contributed by atoms with E-state index in [9.17, 15) is 4.79 Å². The number of aryl methyl sites for hydroxylation is 2. The molecule has 7 heteroatoms. The van der Waals surface area contributed by atoms with Crippen molar-refractivity contribution in [2.75, 3.05) is 7.11 Å². The van der Waals surface area contributed by atoms with Gasteiger partial charge in [0.25, 0.3) is 5.56 Å². The molecule has 0 radical (unpaired) electrons. The van der Waals surface area contributed by atoms with Gasteiger partial charge in [0.05, 0.1) is 18.1 Å². The zero-order chi connectivity index (χ0) is 22.2. The summed E-state index contributed by atoms with van der Waals surface area (Å²) in [5.74, 6) is 0.829. The van der Waals surface area contributed by atoms with Crippen LogP contribution < -0.4 is 10.3 Å². The van der Waals surface area contributed by atoms with Gasteiger partial charge in [-0.15, -0.1) is 0 Å². The molecule has 1 unspecified atom stereocenters. The van der Waals surface area contributed by atoms with Gasteiger partial charge in [-0.1, -0.05) is 31.2 Å². The summed E-state index contributed by atoms with van der Waals surface area (Å²) < 4.78 is 8.98. The fourth-order valence-corrected chi connectivity index (χ4v) is 4.07. The quantitative estimate of drug-likeness (QED) is 0.398. The molecular weight excluding hydrogens is 402 g/mol. The van der Waals surface area contributed by atoms with E-state index in [0.717, 1.165) is 29.6 Å². The van der Waals surface area contributed by atoms with Gasteiger partial charge in [-0.25, -0.2) is 15.0 Å². The van der Waals surface area contributed by atoms with Crippen LogP contribution in [0.4, 0.5) is 0 Å². The molecule has 1 atom stereocenters. The predicted molar refractivity (Wildman–Crippen MR) is 126 cm³/mol. The number of methoxy groups -OCH3 is 1. The molecule has 162 valence electrons. The Morgan fingerprint density at radius 2 is 1.72 bits per heavy atom. The van der Waals surface area contributed by atoms with E-state index in [0.29, 0.717) is 28.7 Å². The molecular formula is C25H25N5O2. The van der Waals surface area contributed by atoms with Crippen molar-refractivity contribution in [2.45, 2.75) is 39.3 Å². The second kappa shape index (κ2) is 8.07. The first-order chi connectivity index (χ1) is 15.6. The highest BCUT2D eigenvalue weighted by Crippen LogP contribution is 2.26. The lowest BCUT2D eigenvalue weighted by Gasteiger charge is -2.12. The van der Waals surface area contributed by atoms with Crippen molar-refractivity contribution in [1.29, 1.82) is 0 Å². The van der Waals surface area contributed by atoms with Crippen LogP contribution in [-0.4, -0.2) is 31.2 Å². The predicted octanol–water partition coefficient (Wildman–Crippen LogP) is 4.52. The Morgan fingerprint density at radius 1 is 1.00 bits per heavy atom. The molecule has 0 spiro atoms. The van der Waals surface area contributed by atoms with Crippen molar-refractivity contribution in [3.05, 3.63) is 70.8 Å². The molecule has 32 heavy (non-hydrogen) atoms. The number of rotatable bonds is 6. The minimum absolute atomic E-state index is 0.0607. The van der Waals surface area contributed by atoms with E-state index in [1.807, 2.05) is 47.9 Å². The Labute approximate surface area is 185 Å². The van der Waals surface area contributed by atoms with Crippen LogP contribution in [0.5, 0.6) is 5.75 Å². The van der Waals surface area contributed by atoms with Crippen LogP contribution in [0.2, 0.25) is 0 Å². The summed E-state index contributed by atoms with van der Waals surface area (Å²) in [6.07, 6.45) is 3.27. The Hall–Kier alpha value is -3.74. The van der Waals surface area contributed by atoms with Gasteiger partial charge >= 0.3 is 0 Å². The van der Waals surface area contributed by atoms with Gasteiger partial charge in [0.15, 0.2) is 11.3 Å².